The molecule has 2 saturated carbocycles. The van der Waals surface area contributed by atoms with Gasteiger partial charge in [-0.2, -0.15) is 0 Å². The lowest BCUT2D eigenvalue weighted by molar-refractivity contribution is -0.174. The van der Waals surface area contributed by atoms with Gasteiger partial charge in [0, 0.05) is 18.2 Å². The molecule has 3 aliphatic carbocycles. The lowest BCUT2D eigenvalue weighted by atomic mass is 9.48. The third-order valence-electron chi connectivity index (χ3n) is 7.71. The predicted octanol–water partition coefficient (Wildman–Crippen LogP) is 2.51. The minimum atomic E-state index is -0.780. The van der Waals surface area contributed by atoms with Crippen molar-refractivity contribution in [1.82, 2.24) is 4.90 Å². The number of likely N-dealkylation sites (tertiary alicyclic amines) is 1. The third-order valence-corrected chi connectivity index (χ3v) is 7.71. The van der Waals surface area contributed by atoms with Gasteiger partial charge in [0.2, 0.25) is 0 Å². The number of ether oxygens (including phenoxy) is 1. The lowest BCUT2D eigenvalue weighted by Crippen LogP contribution is -2.75. The molecule has 6 rings (SSSR count). The number of rotatable bonds is 2. The topological polar surface area (TPSA) is 52.9 Å². The van der Waals surface area contributed by atoms with E-state index in [0.29, 0.717) is 5.75 Å². The van der Waals surface area contributed by atoms with Crippen molar-refractivity contribution in [1.29, 1.82) is 0 Å². The van der Waals surface area contributed by atoms with E-state index in [9.17, 15) is 10.2 Å². The summed E-state index contributed by atoms with van der Waals surface area (Å²) in [5.74, 6) is 1.64. The van der Waals surface area contributed by atoms with Crippen LogP contribution in [-0.4, -0.2) is 45.9 Å². The molecule has 3 fully saturated rings. The van der Waals surface area contributed by atoms with Gasteiger partial charge in [-0.3, -0.25) is 4.90 Å². The zero-order chi connectivity index (χ0) is 17.0. The van der Waals surface area contributed by atoms with E-state index < -0.39 is 11.0 Å². The first-order chi connectivity index (χ1) is 12.0. The molecule has 5 aliphatic rings. The Morgan fingerprint density at radius 1 is 1.28 bits per heavy atom. The van der Waals surface area contributed by atoms with Crippen LogP contribution in [0.15, 0.2) is 24.3 Å². The van der Waals surface area contributed by atoms with Gasteiger partial charge in [-0.1, -0.05) is 12.6 Å². The Hall–Kier alpha value is -1.52. The number of aliphatic hydroxyl groups is 1. The van der Waals surface area contributed by atoms with E-state index in [1.165, 1.54) is 18.4 Å². The molecule has 1 aromatic rings. The van der Waals surface area contributed by atoms with Crippen LogP contribution >= 0.6 is 0 Å². The summed E-state index contributed by atoms with van der Waals surface area (Å²) in [5, 5.41) is 22.5. The number of phenols is 1. The average Bonchev–Trinajstić information content (AvgIpc) is 3.32. The summed E-state index contributed by atoms with van der Waals surface area (Å²) in [6.07, 6.45) is 5.79. The van der Waals surface area contributed by atoms with Crippen LogP contribution < -0.4 is 4.74 Å². The summed E-state index contributed by atoms with van der Waals surface area (Å²) < 4.78 is 6.29. The molecule has 4 nitrogen and oxygen atoms in total. The van der Waals surface area contributed by atoms with Crippen molar-refractivity contribution in [2.75, 3.05) is 13.1 Å². The molecule has 4 atom stereocenters. The SMILES string of the molecule is C=C1CC[C@]2(O)[C@H]3Cc4ccc(O)c5c4[C@]2(CCN3CC2CC2)[C@@H]1O5. The Labute approximate surface area is 148 Å². The van der Waals surface area contributed by atoms with E-state index >= 15 is 0 Å². The summed E-state index contributed by atoms with van der Waals surface area (Å²) in [4.78, 5) is 2.56. The molecule has 2 N–H and O–H groups in total. The van der Waals surface area contributed by atoms with Crippen LogP contribution in [0.2, 0.25) is 0 Å². The standard InChI is InChI=1S/C21H25NO3/c1-12-6-7-21(24)16-10-14-4-5-15(23)18-17(14)20(21,19(12)25-18)8-9-22(16)11-13-2-3-13/h4-5,13,16,19,23-24H,1-3,6-11H2/t16-,19-,20-,21+/m1/s1. The van der Waals surface area contributed by atoms with E-state index in [-0.39, 0.29) is 17.9 Å². The number of piperidine rings is 1. The highest BCUT2D eigenvalue weighted by atomic mass is 16.5. The molecule has 25 heavy (non-hydrogen) atoms. The lowest BCUT2D eigenvalue weighted by Gasteiger charge is -2.63. The quantitative estimate of drug-likeness (QED) is 0.813. The molecule has 2 bridgehead atoms. The molecule has 0 amide bonds. The van der Waals surface area contributed by atoms with Gasteiger partial charge in [-0.25, -0.2) is 0 Å². The maximum Gasteiger partial charge on any atom is 0.166 e. The Kier molecular flexibility index (Phi) is 2.58. The van der Waals surface area contributed by atoms with Crippen molar-refractivity contribution in [2.45, 2.75) is 61.7 Å². The monoisotopic (exact) mass is 339 g/mol. The summed E-state index contributed by atoms with van der Waals surface area (Å²) in [6.45, 7) is 6.40. The minimum absolute atomic E-state index is 0.157. The summed E-state index contributed by atoms with van der Waals surface area (Å²) >= 11 is 0. The second kappa shape index (κ2) is 4.41. The Balaban J connectivity index is 1.58. The van der Waals surface area contributed by atoms with E-state index in [4.69, 9.17) is 4.74 Å². The van der Waals surface area contributed by atoms with Gasteiger partial charge in [0.05, 0.1) is 11.0 Å². The first-order valence-corrected chi connectivity index (χ1v) is 9.71. The Bertz CT molecular complexity index is 801. The fraction of sp³-hybridized carbons (Fsp3) is 0.619. The van der Waals surface area contributed by atoms with Gasteiger partial charge in [0.15, 0.2) is 11.5 Å². The first-order valence-electron chi connectivity index (χ1n) is 9.71. The normalized spacial score (nSPS) is 41.4. The van der Waals surface area contributed by atoms with Gasteiger partial charge < -0.3 is 14.9 Å². The minimum Gasteiger partial charge on any atom is -0.504 e. The Morgan fingerprint density at radius 3 is 2.92 bits per heavy atom. The highest BCUT2D eigenvalue weighted by molar-refractivity contribution is 5.63. The fourth-order valence-electron chi connectivity index (χ4n) is 6.39. The second-order valence-corrected chi connectivity index (χ2v) is 8.91. The van der Waals surface area contributed by atoms with Crippen LogP contribution in [0.25, 0.3) is 0 Å². The van der Waals surface area contributed by atoms with Gasteiger partial charge in [0.25, 0.3) is 0 Å². The molecule has 1 spiro atoms. The highest BCUT2D eigenvalue weighted by Gasteiger charge is 2.71. The van der Waals surface area contributed by atoms with Crippen molar-refractivity contribution in [3.8, 4) is 11.5 Å². The number of nitrogens with zero attached hydrogens (tertiary/aromatic N) is 1. The number of benzene rings is 1. The van der Waals surface area contributed by atoms with Crippen LogP contribution in [-0.2, 0) is 11.8 Å². The molecule has 0 unspecified atom stereocenters. The maximum atomic E-state index is 12.1. The summed E-state index contributed by atoms with van der Waals surface area (Å²) in [5.41, 5.74) is 2.21. The largest absolute Gasteiger partial charge is 0.504 e. The van der Waals surface area contributed by atoms with E-state index in [0.717, 1.165) is 55.8 Å². The smallest absolute Gasteiger partial charge is 0.166 e. The van der Waals surface area contributed by atoms with Crippen LogP contribution in [0.3, 0.4) is 0 Å². The van der Waals surface area contributed by atoms with E-state index in [2.05, 4.69) is 11.5 Å². The zero-order valence-electron chi connectivity index (χ0n) is 14.5. The fourth-order valence-corrected chi connectivity index (χ4v) is 6.39. The summed E-state index contributed by atoms with van der Waals surface area (Å²) in [6, 6.07) is 3.96. The van der Waals surface area contributed by atoms with E-state index in [1.807, 2.05) is 6.07 Å². The predicted molar refractivity (Wildman–Crippen MR) is 93.9 cm³/mol. The molecule has 1 saturated heterocycles. The zero-order valence-corrected chi connectivity index (χ0v) is 14.5. The van der Waals surface area contributed by atoms with Crippen LogP contribution in [0.5, 0.6) is 11.5 Å². The molecule has 4 heteroatoms. The highest BCUT2D eigenvalue weighted by Crippen LogP contribution is 2.66. The van der Waals surface area contributed by atoms with Crippen molar-refractivity contribution in [3.63, 3.8) is 0 Å². The molecule has 1 aromatic carbocycles. The van der Waals surface area contributed by atoms with Crippen LogP contribution in [0.1, 0.15) is 43.2 Å². The van der Waals surface area contributed by atoms with Gasteiger partial charge in [-0.15, -0.1) is 0 Å². The number of hydrogen-bond donors (Lipinski definition) is 2. The second-order valence-electron chi connectivity index (χ2n) is 8.91. The van der Waals surface area contributed by atoms with Crippen molar-refractivity contribution < 1.29 is 14.9 Å². The molecule has 0 radical (unpaired) electrons. The summed E-state index contributed by atoms with van der Waals surface area (Å²) in [7, 11) is 0. The van der Waals surface area contributed by atoms with Crippen molar-refractivity contribution >= 4 is 0 Å². The van der Waals surface area contributed by atoms with Gasteiger partial charge >= 0.3 is 0 Å². The van der Waals surface area contributed by atoms with Crippen LogP contribution in [0, 0.1) is 5.92 Å². The van der Waals surface area contributed by atoms with Crippen LogP contribution in [0.4, 0.5) is 0 Å². The van der Waals surface area contributed by atoms with E-state index in [1.54, 1.807) is 6.07 Å². The van der Waals surface area contributed by atoms with Gasteiger partial charge in [0.1, 0.15) is 6.10 Å². The molecular formula is C21H25NO3. The molecule has 2 aliphatic heterocycles. The van der Waals surface area contributed by atoms with Crippen molar-refractivity contribution in [3.05, 3.63) is 35.4 Å². The number of hydrogen-bond acceptors (Lipinski definition) is 4. The van der Waals surface area contributed by atoms with Gasteiger partial charge in [-0.05, 0) is 68.2 Å². The number of aromatic hydroxyl groups is 1. The Morgan fingerprint density at radius 2 is 2.12 bits per heavy atom. The average molecular weight is 339 g/mol. The maximum absolute atomic E-state index is 12.1. The molecule has 132 valence electrons. The van der Waals surface area contributed by atoms with Crippen molar-refractivity contribution in [2.24, 2.45) is 5.92 Å². The molecule has 2 heterocycles. The molecular weight excluding hydrogens is 314 g/mol. The molecule has 0 aromatic heterocycles. The number of phenolic OH excluding ortho intramolecular Hbond substituents is 1. The first kappa shape index (κ1) is 14.6. The third kappa shape index (κ3) is 1.57.